The zero-order valence-electron chi connectivity index (χ0n) is 13.5. The first-order chi connectivity index (χ1) is 11.2. The molecule has 2 aromatic carbocycles. The lowest BCUT2D eigenvalue weighted by Gasteiger charge is -2.33. The number of anilines is 1. The molecule has 1 amide bonds. The minimum absolute atomic E-state index is 0.0660. The number of benzene rings is 2. The minimum atomic E-state index is 0.0660. The summed E-state index contributed by atoms with van der Waals surface area (Å²) in [5.41, 5.74) is 3.04. The van der Waals surface area contributed by atoms with Crippen molar-refractivity contribution >= 4 is 11.6 Å². The normalized spacial score (nSPS) is 16.8. The van der Waals surface area contributed by atoms with Crippen LogP contribution >= 0.6 is 0 Å². The second kappa shape index (κ2) is 6.84. The van der Waals surface area contributed by atoms with Crippen molar-refractivity contribution in [2.45, 2.75) is 18.9 Å². The summed E-state index contributed by atoms with van der Waals surface area (Å²) in [6.07, 6.45) is 1.27. The molecule has 120 valence electrons. The summed E-state index contributed by atoms with van der Waals surface area (Å²) in [6.45, 7) is 0.685. The van der Waals surface area contributed by atoms with Gasteiger partial charge in [-0.2, -0.15) is 0 Å². The summed E-state index contributed by atoms with van der Waals surface area (Å²) in [6, 6.07) is 15.6. The lowest BCUT2D eigenvalue weighted by Crippen LogP contribution is -2.38. The Morgan fingerprint density at radius 1 is 1.13 bits per heavy atom. The average Bonchev–Trinajstić information content (AvgIpc) is 2.61. The lowest BCUT2D eigenvalue weighted by molar-refractivity contribution is -0.118. The van der Waals surface area contributed by atoms with Crippen LogP contribution in [0.4, 0.5) is 5.69 Å². The summed E-state index contributed by atoms with van der Waals surface area (Å²) in [5.74, 6) is 0.907. The summed E-state index contributed by atoms with van der Waals surface area (Å²) in [7, 11) is 3.35. The van der Waals surface area contributed by atoms with E-state index in [1.165, 1.54) is 0 Å². The summed E-state index contributed by atoms with van der Waals surface area (Å²) < 4.78 is 10.7. The van der Waals surface area contributed by atoms with E-state index >= 15 is 0 Å². The number of fused-ring (bicyclic) bond motifs is 1. The van der Waals surface area contributed by atoms with Gasteiger partial charge >= 0.3 is 0 Å². The van der Waals surface area contributed by atoms with Crippen LogP contribution in [0.3, 0.4) is 0 Å². The highest BCUT2D eigenvalue weighted by atomic mass is 16.5. The predicted octanol–water partition coefficient (Wildman–Crippen LogP) is 3.36. The molecule has 1 aliphatic rings. The number of carbonyl (C=O) groups excluding carboxylic acids is 1. The van der Waals surface area contributed by atoms with Gasteiger partial charge in [0.15, 0.2) is 0 Å². The summed E-state index contributed by atoms with van der Waals surface area (Å²) in [5, 5.41) is 0. The first-order valence-corrected chi connectivity index (χ1v) is 7.78. The van der Waals surface area contributed by atoms with Gasteiger partial charge in [0.25, 0.3) is 0 Å². The molecule has 0 spiro atoms. The molecule has 0 N–H and O–H groups in total. The number of rotatable bonds is 4. The van der Waals surface area contributed by atoms with E-state index in [1.807, 2.05) is 53.4 Å². The number of amides is 1. The van der Waals surface area contributed by atoms with Gasteiger partial charge in [-0.3, -0.25) is 4.79 Å². The first kappa shape index (κ1) is 15.6. The fourth-order valence-electron chi connectivity index (χ4n) is 3.05. The van der Waals surface area contributed by atoms with Crippen LogP contribution in [0.1, 0.15) is 23.7 Å². The van der Waals surface area contributed by atoms with Crippen molar-refractivity contribution in [3.63, 3.8) is 0 Å². The van der Waals surface area contributed by atoms with Crippen LogP contribution in [-0.2, 0) is 16.0 Å². The number of methoxy groups -OCH3 is 2. The number of ether oxygens (including phenoxy) is 2. The predicted molar refractivity (Wildman–Crippen MR) is 89.9 cm³/mol. The van der Waals surface area contributed by atoms with Crippen molar-refractivity contribution in [2.75, 3.05) is 25.7 Å². The van der Waals surface area contributed by atoms with Gasteiger partial charge in [0, 0.05) is 24.9 Å². The van der Waals surface area contributed by atoms with Gasteiger partial charge in [-0.05, 0) is 30.2 Å². The highest BCUT2D eigenvalue weighted by Gasteiger charge is 2.28. The number of hydrogen-bond acceptors (Lipinski definition) is 3. The Morgan fingerprint density at radius 2 is 1.87 bits per heavy atom. The van der Waals surface area contributed by atoms with E-state index in [0.717, 1.165) is 29.0 Å². The van der Waals surface area contributed by atoms with Crippen molar-refractivity contribution in [2.24, 2.45) is 0 Å². The molecule has 4 heteroatoms. The van der Waals surface area contributed by atoms with Crippen molar-refractivity contribution in [3.05, 3.63) is 59.7 Å². The number of para-hydroxylation sites is 1. The Morgan fingerprint density at radius 3 is 2.57 bits per heavy atom. The molecule has 0 saturated heterocycles. The molecule has 3 rings (SSSR count). The summed E-state index contributed by atoms with van der Waals surface area (Å²) in [4.78, 5) is 14.6. The van der Waals surface area contributed by atoms with Crippen LogP contribution in [0.2, 0.25) is 0 Å². The zero-order valence-corrected chi connectivity index (χ0v) is 13.5. The zero-order chi connectivity index (χ0) is 16.2. The SMILES string of the molecule is COc1ccc(CC(=O)N2CCC(OC)c3ccccc32)cc1. The highest BCUT2D eigenvalue weighted by molar-refractivity contribution is 5.96. The van der Waals surface area contributed by atoms with Crippen LogP contribution in [0, 0.1) is 0 Å². The minimum Gasteiger partial charge on any atom is -0.497 e. The van der Waals surface area contributed by atoms with Crippen LogP contribution in [0.5, 0.6) is 5.75 Å². The highest BCUT2D eigenvalue weighted by Crippen LogP contribution is 2.35. The first-order valence-electron chi connectivity index (χ1n) is 7.78. The van der Waals surface area contributed by atoms with E-state index < -0.39 is 0 Å². The Hall–Kier alpha value is -2.33. The molecule has 1 atom stereocenters. The third kappa shape index (κ3) is 3.22. The molecule has 0 bridgehead atoms. The molecule has 0 saturated carbocycles. The largest absolute Gasteiger partial charge is 0.497 e. The Balaban J connectivity index is 1.79. The molecule has 0 aliphatic carbocycles. The van der Waals surface area contributed by atoms with Gasteiger partial charge in [0.05, 0.1) is 19.6 Å². The van der Waals surface area contributed by atoms with E-state index in [0.29, 0.717) is 13.0 Å². The van der Waals surface area contributed by atoms with Crippen molar-refractivity contribution in [3.8, 4) is 5.75 Å². The standard InChI is InChI=1S/C19H21NO3/c1-22-15-9-7-14(8-10-15)13-19(21)20-12-11-18(23-2)16-5-3-4-6-17(16)20/h3-10,18H,11-13H2,1-2H3. The molecule has 0 aromatic heterocycles. The Bertz CT molecular complexity index is 681. The van der Waals surface area contributed by atoms with Gasteiger partial charge in [-0.1, -0.05) is 30.3 Å². The number of nitrogens with zero attached hydrogens (tertiary/aromatic N) is 1. The third-order valence-corrected chi connectivity index (χ3v) is 4.29. The van der Waals surface area contributed by atoms with E-state index in [1.54, 1.807) is 14.2 Å². The molecule has 1 heterocycles. The second-order valence-corrected chi connectivity index (χ2v) is 5.64. The smallest absolute Gasteiger partial charge is 0.231 e. The maximum atomic E-state index is 12.7. The topological polar surface area (TPSA) is 38.8 Å². The Kier molecular flexibility index (Phi) is 4.63. The Labute approximate surface area is 136 Å². The van der Waals surface area contributed by atoms with E-state index in [4.69, 9.17) is 9.47 Å². The van der Waals surface area contributed by atoms with Crippen LogP contribution < -0.4 is 9.64 Å². The molecule has 1 aliphatic heterocycles. The van der Waals surface area contributed by atoms with Crippen LogP contribution in [0.25, 0.3) is 0 Å². The van der Waals surface area contributed by atoms with E-state index in [9.17, 15) is 4.79 Å². The van der Waals surface area contributed by atoms with E-state index in [-0.39, 0.29) is 12.0 Å². The van der Waals surface area contributed by atoms with Crippen LogP contribution in [0.15, 0.2) is 48.5 Å². The molecule has 2 aromatic rings. The fourth-order valence-corrected chi connectivity index (χ4v) is 3.05. The number of hydrogen-bond donors (Lipinski definition) is 0. The van der Waals surface area contributed by atoms with Crippen molar-refractivity contribution in [1.82, 2.24) is 0 Å². The van der Waals surface area contributed by atoms with Gasteiger partial charge in [-0.25, -0.2) is 0 Å². The monoisotopic (exact) mass is 311 g/mol. The maximum absolute atomic E-state index is 12.7. The molecular formula is C19H21NO3. The van der Waals surface area contributed by atoms with Gasteiger partial charge < -0.3 is 14.4 Å². The fraction of sp³-hybridized carbons (Fsp3) is 0.316. The van der Waals surface area contributed by atoms with Gasteiger partial charge in [0.2, 0.25) is 5.91 Å². The molecule has 0 radical (unpaired) electrons. The molecule has 1 unspecified atom stereocenters. The molecule has 4 nitrogen and oxygen atoms in total. The van der Waals surface area contributed by atoms with Crippen LogP contribution in [-0.4, -0.2) is 26.7 Å². The summed E-state index contributed by atoms with van der Waals surface area (Å²) >= 11 is 0. The molecular weight excluding hydrogens is 290 g/mol. The van der Waals surface area contributed by atoms with Gasteiger partial charge in [-0.15, -0.1) is 0 Å². The molecule has 23 heavy (non-hydrogen) atoms. The lowest BCUT2D eigenvalue weighted by atomic mass is 9.98. The molecule has 0 fully saturated rings. The quantitative estimate of drug-likeness (QED) is 0.869. The maximum Gasteiger partial charge on any atom is 0.231 e. The number of carbonyl (C=O) groups is 1. The van der Waals surface area contributed by atoms with Crippen molar-refractivity contribution < 1.29 is 14.3 Å². The van der Waals surface area contributed by atoms with Gasteiger partial charge in [0.1, 0.15) is 5.75 Å². The van der Waals surface area contributed by atoms with Crippen molar-refractivity contribution in [1.29, 1.82) is 0 Å². The average molecular weight is 311 g/mol. The van der Waals surface area contributed by atoms with E-state index in [2.05, 4.69) is 0 Å². The second-order valence-electron chi connectivity index (χ2n) is 5.64. The third-order valence-electron chi connectivity index (χ3n) is 4.29.